The van der Waals surface area contributed by atoms with Gasteiger partial charge < -0.3 is 9.30 Å². The minimum Gasteiger partial charge on any atom is -0.381 e. The van der Waals surface area contributed by atoms with Crippen LogP contribution in [0, 0.1) is 0 Å². The summed E-state index contributed by atoms with van der Waals surface area (Å²) in [4.78, 5) is 0. The highest BCUT2D eigenvalue weighted by Crippen LogP contribution is 2.13. The zero-order chi connectivity index (χ0) is 12.5. The van der Waals surface area contributed by atoms with Crippen molar-refractivity contribution in [2.75, 3.05) is 7.11 Å². The molecular weight excluding hydrogens is 214 g/mol. The molecule has 0 fully saturated rings. The van der Waals surface area contributed by atoms with Gasteiger partial charge in [0.15, 0.2) is 0 Å². The molecule has 1 aliphatic heterocycles. The first kappa shape index (κ1) is 14.2. The van der Waals surface area contributed by atoms with Crippen LogP contribution in [-0.2, 0) is 17.7 Å². The smallest absolute Gasteiger partial charge is 0.135 e. The molecule has 0 amide bonds. The highest BCUT2D eigenvalue weighted by atomic mass is 16.5. The standard InChI is InChI=1S/C7H11N3O.C6H14/c1-11-6-2-3-10-5-8-9-7(10)4-6;1-3-5-6-4-2/h5-6H,2-4H2,1H3;3-6H2,1-2H3. The monoisotopic (exact) mass is 239 g/mol. The largest absolute Gasteiger partial charge is 0.381 e. The maximum Gasteiger partial charge on any atom is 0.135 e. The maximum absolute atomic E-state index is 5.24. The third-order valence-corrected chi connectivity index (χ3v) is 3.09. The number of nitrogens with zero attached hydrogens (tertiary/aromatic N) is 3. The molecule has 0 spiro atoms. The van der Waals surface area contributed by atoms with Gasteiger partial charge in [-0.3, -0.25) is 0 Å². The molecule has 0 N–H and O–H groups in total. The van der Waals surface area contributed by atoms with Crippen LogP contribution in [0.25, 0.3) is 0 Å². The molecule has 1 aromatic rings. The average molecular weight is 239 g/mol. The van der Waals surface area contributed by atoms with Crippen LogP contribution in [0.1, 0.15) is 51.8 Å². The van der Waals surface area contributed by atoms with E-state index in [4.69, 9.17) is 4.74 Å². The van der Waals surface area contributed by atoms with Crippen LogP contribution in [-0.4, -0.2) is 28.0 Å². The SMILES string of the molecule is CCCCCC.COC1CCn2cnnc2C1. The van der Waals surface area contributed by atoms with Gasteiger partial charge >= 0.3 is 0 Å². The fourth-order valence-electron chi connectivity index (χ4n) is 1.91. The van der Waals surface area contributed by atoms with E-state index in [1.54, 1.807) is 13.4 Å². The Kier molecular flexibility index (Phi) is 6.86. The van der Waals surface area contributed by atoms with E-state index in [9.17, 15) is 0 Å². The van der Waals surface area contributed by atoms with Crippen LogP contribution in [0.4, 0.5) is 0 Å². The van der Waals surface area contributed by atoms with E-state index in [2.05, 4.69) is 28.6 Å². The van der Waals surface area contributed by atoms with Gasteiger partial charge in [-0.2, -0.15) is 0 Å². The van der Waals surface area contributed by atoms with E-state index in [0.717, 1.165) is 25.2 Å². The summed E-state index contributed by atoms with van der Waals surface area (Å²) < 4.78 is 7.32. The van der Waals surface area contributed by atoms with Crippen LogP contribution in [0.15, 0.2) is 6.33 Å². The lowest BCUT2D eigenvalue weighted by Crippen LogP contribution is -2.24. The van der Waals surface area contributed by atoms with Gasteiger partial charge in [0.05, 0.1) is 6.10 Å². The molecule has 0 aliphatic carbocycles. The van der Waals surface area contributed by atoms with Crippen LogP contribution >= 0.6 is 0 Å². The Labute approximate surface area is 104 Å². The van der Waals surface area contributed by atoms with Crippen LogP contribution in [0.3, 0.4) is 0 Å². The van der Waals surface area contributed by atoms with Crippen molar-refractivity contribution in [1.82, 2.24) is 14.8 Å². The predicted octanol–water partition coefficient (Wildman–Crippen LogP) is 2.83. The Balaban J connectivity index is 0.000000209. The van der Waals surface area contributed by atoms with E-state index in [1.807, 2.05) is 0 Å². The van der Waals surface area contributed by atoms with Crippen molar-refractivity contribution in [1.29, 1.82) is 0 Å². The first-order valence-corrected chi connectivity index (χ1v) is 6.71. The third-order valence-electron chi connectivity index (χ3n) is 3.09. The summed E-state index contributed by atoms with van der Waals surface area (Å²) in [5.74, 6) is 1.04. The van der Waals surface area contributed by atoms with Gasteiger partial charge in [-0.1, -0.05) is 39.5 Å². The van der Waals surface area contributed by atoms with Crippen molar-refractivity contribution in [3.05, 3.63) is 12.2 Å². The molecule has 0 bridgehead atoms. The fraction of sp³-hybridized carbons (Fsp3) is 0.846. The number of aromatic nitrogens is 3. The van der Waals surface area contributed by atoms with Crippen molar-refractivity contribution >= 4 is 0 Å². The topological polar surface area (TPSA) is 39.9 Å². The van der Waals surface area contributed by atoms with Crippen LogP contribution in [0.5, 0.6) is 0 Å². The molecule has 1 aliphatic rings. The number of hydrogen-bond acceptors (Lipinski definition) is 3. The molecule has 1 unspecified atom stereocenters. The van der Waals surface area contributed by atoms with Gasteiger partial charge in [0.2, 0.25) is 0 Å². The van der Waals surface area contributed by atoms with Gasteiger partial charge in [-0.05, 0) is 6.42 Å². The van der Waals surface area contributed by atoms with Crippen molar-refractivity contribution in [3.8, 4) is 0 Å². The summed E-state index contributed by atoms with van der Waals surface area (Å²) >= 11 is 0. The van der Waals surface area contributed by atoms with Gasteiger partial charge in [0.25, 0.3) is 0 Å². The molecule has 4 nitrogen and oxygen atoms in total. The van der Waals surface area contributed by atoms with E-state index in [1.165, 1.54) is 25.7 Å². The number of fused-ring (bicyclic) bond motifs is 1. The van der Waals surface area contributed by atoms with Gasteiger partial charge in [-0.25, -0.2) is 0 Å². The number of hydrogen-bond donors (Lipinski definition) is 0. The summed E-state index contributed by atoms with van der Waals surface area (Å²) in [5.41, 5.74) is 0. The number of unbranched alkanes of at least 4 members (excludes halogenated alkanes) is 3. The lowest BCUT2D eigenvalue weighted by Gasteiger charge is -2.20. The summed E-state index contributed by atoms with van der Waals surface area (Å²) in [6.07, 6.45) is 9.63. The molecule has 1 aromatic heterocycles. The van der Waals surface area contributed by atoms with Crippen molar-refractivity contribution in [2.24, 2.45) is 0 Å². The van der Waals surface area contributed by atoms with E-state index in [0.29, 0.717) is 6.10 Å². The molecule has 2 heterocycles. The van der Waals surface area contributed by atoms with Crippen molar-refractivity contribution in [3.63, 3.8) is 0 Å². The fourth-order valence-corrected chi connectivity index (χ4v) is 1.91. The molecule has 0 aromatic carbocycles. The predicted molar refractivity (Wildman–Crippen MR) is 69.0 cm³/mol. The second-order valence-corrected chi connectivity index (χ2v) is 4.50. The number of rotatable bonds is 4. The Morgan fingerprint density at radius 1 is 1.35 bits per heavy atom. The zero-order valence-corrected chi connectivity index (χ0v) is 11.4. The zero-order valence-electron chi connectivity index (χ0n) is 11.4. The second kappa shape index (κ2) is 8.23. The van der Waals surface area contributed by atoms with Crippen molar-refractivity contribution in [2.45, 2.75) is 65.0 Å². The minimum absolute atomic E-state index is 0.340. The first-order chi connectivity index (χ1) is 8.31. The number of ether oxygens (including phenoxy) is 1. The lowest BCUT2D eigenvalue weighted by atomic mass is 10.1. The van der Waals surface area contributed by atoms with Crippen molar-refractivity contribution < 1.29 is 4.74 Å². The summed E-state index contributed by atoms with van der Waals surface area (Å²) in [7, 11) is 1.75. The highest BCUT2D eigenvalue weighted by molar-refractivity contribution is 4.92. The van der Waals surface area contributed by atoms with Gasteiger partial charge in [0.1, 0.15) is 12.2 Å². The van der Waals surface area contributed by atoms with E-state index in [-0.39, 0.29) is 0 Å². The van der Waals surface area contributed by atoms with Crippen LogP contribution in [0.2, 0.25) is 0 Å². The minimum atomic E-state index is 0.340. The molecule has 0 saturated heterocycles. The Hall–Kier alpha value is -0.900. The van der Waals surface area contributed by atoms with E-state index < -0.39 is 0 Å². The van der Waals surface area contributed by atoms with E-state index >= 15 is 0 Å². The molecule has 4 heteroatoms. The number of aryl methyl sites for hydroxylation is 1. The summed E-state index contributed by atoms with van der Waals surface area (Å²) in [6.45, 7) is 5.45. The Bertz CT molecular complexity index is 295. The Morgan fingerprint density at radius 3 is 2.65 bits per heavy atom. The molecule has 17 heavy (non-hydrogen) atoms. The lowest BCUT2D eigenvalue weighted by molar-refractivity contribution is 0.0796. The second-order valence-electron chi connectivity index (χ2n) is 4.50. The maximum atomic E-state index is 5.24. The molecule has 98 valence electrons. The molecular formula is C13H25N3O. The number of methoxy groups -OCH3 is 1. The van der Waals surface area contributed by atoms with Gasteiger partial charge in [0, 0.05) is 20.1 Å². The molecule has 0 radical (unpaired) electrons. The molecule has 0 saturated carbocycles. The highest BCUT2D eigenvalue weighted by Gasteiger charge is 2.18. The Morgan fingerprint density at radius 2 is 2.06 bits per heavy atom. The quantitative estimate of drug-likeness (QED) is 0.758. The normalized spacial score (nSPS) is 18.2. The third kappa shape index (κ3) is 4.86. The summed E-state index contributed by atoms with van der Waals surface area (Å²) in [5, 5.41) is 7.82. The first-order valence-electron chi connectivity index (χ1n) is 6.71. The molecule has 2 rings (SSSR count). The summed E-state index contributed by atoms with van der Waals surface area (Å²) in [6, 6.07) is 0. The van der Waals surface area contributed by atoms with Gasteiger partial charge in [-0.15, -0.1) is 10.2 Å². The average Bonchev–Trinajstić information content (AvgIpc) is 2.84. The molecule has 1 atom stereocenters. The van der Waals surface area contributed by atoms with Crippen LogP contribution < -0.4 is 0 Å².